The van der Waals surface area contributed by atoms with Crippen LogP contribution in [0.2, 0.25) is 0 Å². The molecule has 1 aromatic rings. The van der Waals surface area contributed by atoms with Crippen LogP contribution in [0.5, 0.6) is 0 Å². The Hall–Kier alpha value is -2.43. The summed E-state index contributed by atoms with van der Waals surface area (Å²) in [5.74, 6) is -0.323. The molecule has 5 heteroatoms. The Morgan fingerprint density at radius 2 is 2.11 bits per heavy atom. The Morgan fingerprint density at radius 1 is 1.39 bits per heavy atom. The highest BCUT2D eigenvalue weighted by Gasteiger charge is 2.09. The number of nitrogens with zero attached hydrogens (tertiary/aromatic N) is 1. The average Bonchev–Trinajstić information content (AvgIpc) is 2.32. The number of carbonyl (C=O) groups is 1. The summed E-state index contributed by atoms with van der Waals surface area (Å²) < 4.78 is 0. The van der Waals surface area contributed by atoms with Gasteiger partial charge in [-0.2, -0.15) is 0 Å². The van der Waals surface area contributed by atoms with Gasteiger partial charge in [-0.15, -0.1) is 0 Å². The number of aryl methyl sites for hydroxylation is 1. The lowest BCUT2D eigenvalue weighted by Gasteiger charge is -2.05. The Kier molecular flexibility index (Phi) is 4.80. The summed E-state index contributed by atoms with van der Waals surface area (Å²) in [6.45, 7) is 3.61. The second-order valence-corrected chi connectivity index (χ2v) is 3.63. The lowest BCUT2D eigenvalue weighted by molar-refractivity contribution is -0.384. The van der Waals surface area contributed by atoms with Crippen molar-refractivity contribution in [3.05, 3.63) is 58.2 Å². The maximum atomic E-state index is 11.5. The molecular formula is C13H14N2O3. The molecule has 1 aromatic carbocycles. The van der Waals surface area contributed by atoms with Crippen molar-refractivity contribution >= 4 is 17.3 Å². The van der Waals surface area contributed by atoms with E-state index in [1.807, 2.05) is 6.92 Å². The van der Waals surface area contributed by atoms with Crippen LogP contribution in [0.15, 0.2) is 42.5 Å². The van der Waals surface area contributed by atoms with Crippen molar-refractivity contribution in [3.63, 3.8) is 0 Å². The largest absolute Gasteiger partial charge is 0.322 e. The molecule has 0 aliphatic carbocycles. The van der Waals surface area contributed by atoms with E-state index in [1.165, 1.54) is 18.2 Å². The van der Waals surface area contributed by atoms with Crippen molar-refractivity contribution in [1.82, 2.24) is 0 Å². The molecule has 0 aromatic heterocycles. The third-order valence-electron chi connectivity index (χ3n) is 2.24. The van der Waals surface area contributed by atoms with Gasteiger partial charge in [-0.3, -0.25) is 14.9 Å². The van der Waals surface area contributed by atoms with E-state index in [0.29, 0.717) is 5.69 Å². The van der Waals surface area contributed by atoms with E-state index in [4.69, 9.17) is 0 Å². The quantitative estimate of drug-likeness (QED) is 0.384. The topological polar surface area (TPSA) is 72.2 Å². The summed E-state index contributed by atoms with van der Waals surface area (Å²) >= 11 is 0. The Balaban J connectivity index is 2.86. The summed E-state index contributed by atoms with van der Waals surface area (Å²) in [6, 6.07) is 4.35. The molecule has 94 valence electrons. The van der Waals surface area contributed by atoms with Gasteiger partial charge in [0.25, 0.3) is 5.69 Å². The Morgan fingerprint density at radius 3 is 2.72 bits per heavy atom. The molecule has 1 amide bonds. The van der Waals surface area contributed by atoms with Gasteiger partial charge in [0.15, 0.2) is 0 Å². The number of benzene rings is 1. The lowest BCUT2D eigenvalue weighted by atomic mass is 10.2. The van der Waals surface area contributed by atoms with Gasteiger partial charge in [-0.05, 0) is 19.4 Å². The third kappa shape index (κ3) is 3.86. The van der Waals surface area contributed by atoms with Gasteiger partial charge < -0.3 is 5.32 Å². The predicted molar refractivity (Wildman–Crippen MR) is 70.4 cm³/mol. The van der Waals surface area contributed by atoms with E-state index in [1.54, 1.807) is 31.2 Å². The first-order chi connectivity index (χ1) is 8.54. The van der Waals surface area contributed by atoms with Crippen molar-refractivity contribution in [3.8, 4) is 0 Å². The summed E-state index contributed by atoms with van der Waals surface area (Å²) in [5.41, 5.74) is 1.17. The molecule has 1 N–H and O–H groups in total. The van der Waals surface area contributed by atoms with Gasteiger partial charge in [0, 0.05) is 18.2 Å². The summed E-state index contributed by atoms with van der Waals surface area (Å²) in [6.07, 6.45) is 6.47. The molecule has 0 unspecified atom stereocenters. The second kappa shape index (κ2) is 6.34. The van der Waals surface area contributed by atoms with Crippen LogP contribution in [-0.2, 0) is 4.79 Å². The highest BCUT2D eigenvalue weighted by Crippen LogP contribution is 2.21. The summed E-state index contributed by atoms with van der Waals surface area (Å²) in [7, 11) is 0. The van der Waals surface area contributed by atoms with Crippen molar-refractivity contribution in [1.29, 1.82) is 0 Å². The number of nitro groups is 1. The number of nitrogens with one attached hydrogen (secondary N) is 1. The molecule has 1 rings (SSSR count). The van der Waals surface area contributed by atoms with Gasteiger partial charge >= 0.3 is 0 Å². The second-order valence-electron chi connectivity index (χ2n) is 3.63. The van der Waals surface area contributed by atoms with E-state index in [2.05, 4.69) is 5.32 Å². The van der Waals surface area contributed by atoms with Crippen LogP contribution in [0.4, 0.5) is 11.4 Å². The van der Waals surface area contributed by atoms with Crippen molar-refractivity contribution < 1.29 is 9.72 Å². The zero-order valence-electron chi connectivity index (χ0n) is 10.2. The average molecular weight is 246 g/mol. The maximum Gasteiger partial charge on any atom is 0.271 e. The van der Waals surface area contributed by atoms with E-state index in [-0.39, 0.29) is 11.6 Å². The number of non-ortho nitro benzene ring substituents is 1. The van der Waals surface area contributed by atoms with Gasteiger partial charge in [0.05, 0.1) is 10.6 Å². The first-order valence-corrected chi connectivity index (χ1v) is 5.40. The highest BCUT2D eigenvalue weighted by atomic mass is 16.6. The molecule has 18 heavy (non-hydrogen) atoms. The third-order valence-corrected chi connectivity index (χ3v) is 2.24. The monoisotopic (exact) mass is 246 g/mol. The zero-order valence-corrected chi connectivity index (χ0v) is 10.2. The molecule has 0 radical (unpaired) electrons. The number of hydrogen-bond donors (Lipinski definition) is 1. The Bertz CT molecular complexity index is 519. The van der Waals surface area contributed by atoms with Crippen LogP contribution in [0.25, 0.3) is 0 Å². The highest BCUT2D eigenvalue weighted by molar-refractivity contribution is 6.00. The predicted octanol–water partition coefficient (Wildman–Crippen LogP) is 2.97. The first kappa shape index (κ1) is 13.6. The van der Waals surface area contributed by atoms with Gasteiger partial charge in [0.2, 0.25) is 5.91 Å². The van der Waals surface area contributed by atoms with Gasteiger partial charge in [-0.1, -0.05) is 24.3 Å². The van der Waals surface area contributed by atoms with Crippen LogP contribution in [-0.4, -0.2) is 10.8 Å². The first-order valence-electron chi connectivity index (χ1n) is 5.40. The lowest BCUT2D eigenvalue weighted by Crippen LogP contribution is -2.09. The molecule has 0 bridgehead atoms. The van der Waals surface area contributed by atoms with Crippen LogP contribution in [0, 0.1) is 17.0 Å². The SMILES string of the molecule is C/C=C/C=C/C(=O)Nc1cc([N+](=O)[O-])ccc1C. The normalized spacial score (nSPS) is 11.0. The molecule has 0 aliphatic rings. The van der Waals surface area contributed by atoms with Gasteiger partial charge in [-0.25, -0.2) is 0 Å². The van der Waals surface area contributed by atoms with Crippen LogP contribution in [0.3, 0.4) is 0 Å². The fourth-order valence-electron chi connectivity index (χ4n) is 1.29. The fourth-order valence-corrected chi connectivity index (χ4v) is 1.29. The number of carbonyl (C=O) groups excluding carboxylic acids is 1. The molecular weight excluding hydrogens is 232 g/mol. The van der Waals surface area contributed by atoms with Crippen molar-refractivity contribution in [2.24, 2.45) is 0 Å². The summed E-state index contributed by atoms with van der Waals surface area (Å²) in [4.78, 5) is 21.7. The number of nitro benzene ring substituents is 1. The minimum absolute atomic E-state index is 0.0478. The van der Waals surface area contributed by atoms with E-state index in [9.17, 15) is 14.9 Å². The van der Waals surface area contributed by atoms with Crippen LogP contribution < -0.4 is 5.32 Å². The van der Waals surface area contributed by atoms with Crippen molar-refractivity contribution in [2.45, 2.75) is 13.8 Å². The van der Waals surface area contributed by atoms with Crippen molar-refractivity contribution in [2.75, 3.05) is 5.32 Å². The number of allylic oxidation sites excluding steroid dienone is 3. The van der Waals surface area contributed by atoms with Crippen LogP contribution in [0.1, 0.15) is 12.5 Å². The van der Waals surface area contributed by atoms with E-state index in [0.717, 1.165) is 5.56 Å². The standard InChI is InChI=1S/C13H14N2O3/c1-3-4-5-6-13(16)14-12-9-11(15(17)18)8-7-10(12)2/h3-9H,1-2H3,(H,14,16)/b4-3+,6-5+. The number of anilines is 1. The molecule has 0 heterocycles. The number of rotatable bonds is 4. The number of hydrogen-bond acceptors (Lipinski definition) is 3. The van der Waals surface area contributed by atoms with E-state index < -0.39 is 4.92 Å². The minimum Gasteiger partial charge on any atom is -0.322 e. The van der Waals surface area contributed by atoms with E-state index >= 15 is 0 Å². The minimum atomic E-state index is -0.495. The molecule has 0 saturated heterocycles. The summed E-state index contributed by atoms with van der Waals surface area (Å²) in [5, 5.41) is 13.2. The molecule has 0 atom stereocenters. The maximum absolute atomic E-state index is 11.5. The molecule has 0 saturated carbocycles. The zero-order chi connectivity index (χ0) is 13.5. The molecule has 5 nitrogen and oxygen atoms in total. The number of amides is 1. The molecule has 0 aliphatic heterocycles. The fraction of sp³-hybridized carbons (Fsp3) is 0.154. The molecule has 0 fully saturated rings. The smallest absolute Gasteiger partial charge is 0.271 e. The van der Waals surface area contributed by atoms with Gasteiger partial charge in [0.1, 0.15) is 0 Å². The van der Waals surface area contributed by atoms with Crippen LogP contribution >= 0.6 is 0 Å². The Labute approximate surface area is 105 Å². The molecule has 0 spiro atoms.